The summed E-state index contributed by atoms with van der Waals surface area (Å²) < 4.78 is 15.9. The third kappa shape index (κ3) is 4.08. The Labute approximate surface area is 157 Å². The highest BCUT2D eigenvalue weighted by Gasteiger charge is 2.14. The first-order valence-corrected chi connectivity index (χ1v) is 8.49. The molecule has 1 heterocycles. The number of hydrogen-bond acceptors (Lipinski definition) is 6. The Balaban J connectivity index is 1.87. The highest BCUT2D eigenvalue weighted by Crippen LogP contribution is 2.32. The Hall–Kier alpha value is -3.35. The summed E-state index contributed by atoms with van der Waals surface area (Å²) in [6.07, 6.45) is 0. The van der Waals surface area contributed by atoms with Crippen LogP contribution in [0.15, 0.2) is 47.0 Å². The smallest absolute Gasteiger partial charge is 0.258 e. The van der Waals surface area contributed by atoms with Crippen LogP contribution in [0.3, 0.4) is 0 Å². The molecule has 7 nitrogen and oxygen atoms in total. The van der Waals surface area contributed by atoms with Gasteiger partial charge in [-0.2, -0.15) is 4.98 Å². The Morgan fingerprint density at radius 3 is 2.52 bits per heavy atom. The largest absolute Gasteiger partial charge is 0.493 e. The number of rotatable bonds is 6. The van der Waals surface area contributed by atoms with Gasteiger partial charge in [0.15, 0.2) is 11.5 Å². The van der Waals surface area contributed by atoms with Crippen LogP contribution in [0.25, 0.3) is 22.8 Å². The number of anilines is 1. The molecule has 0 aliphatic carbocycles. The molecule has 0 atom stereocenters. The molecular weight excluding hydrogens is 346 g/mol. The summed E-state index contributed by atoms with van der Waals surface area (Å²) in [5.74, 6) is 1.85. The second-order valence-electron chi connectivity index (χ2n) is 6.22. The van der Waals surface area contributed by atoms with Crippen molar-refractivity contribution in [2.24, 2.45) is 5.92 Å². The monoisotopic (exact) mass is 367 g/mol. The fourth-order valence-electron chi connectivity index (χ4n) is 2.45. The summed E-state index contributed by atoms with van der Waals surface area (Å²) in [5, 5.41) is 6.90. The summed E-state index contributed by atoms with van der Waals surface area (Å²) in [6.45, 7) is 3.68. The highest BCUT2D eigenvalue weighted by atomic mass is 16.5. The van der Waals surface area contributed by atoms with E-state index in [1.807, 2.05) is 38.1 Å². The zero-order valence-electron chi connectivity index (χ0n) is 15.6. The van der Waals surface area contributed by atoms with E-state index < -0.39 is 0 Å². The number of carbonyl (C=O) groups excluding carboxylic acids is 1. The number of hydrogen-bond donors (Lipinski definition) is 1. The molecule has 7 heteroatoms. The molecule has 0 saturated carbocycles. The van der Waals surface area contributed by atoms with Gasteiger partial charge in [-0.05, 0) is 36.4 Å². The topological polar surface area (TPSA) is 86.5 Å². The van der Waals surface area contributed by atoms with Gasteiger partial charge in [-0.3, -0.25) is 4.79 Å². The van der Waals surface area contributed by atoms with Crippen LogP contribution in [0, 0.1) is 5.92 Å². The van der Waals surface area contributed by atoms with Crippen LogP contribution < -0.4 is 14.8 Å². The van der Waals surface area contributed by atoms with Crippen molar-refractivity contribution in [2.75, 3.05) is 19.5 Å². The third-order valence-electron chi connectivity index (χ3n) is 3.97. The number of nitrogens with zero attached hydrogens (tertiary/aromatic N) is 2. The van der Waals surface area contributed by atoms with Gasteiger partial charge in [0.05, 0.1) is 14.2 Å². The van der Waals surface area contributed by atoms with Crippen LogP contribution >= 0.6 is 0 Å². The van der Waals surface area contributed by atoms with E-state index in [0.717, 1.165) is 11.1 Å². The quantitative estimate of drug-likeness (QED) is 0.708. The van der Waals surface area contributed by atoms with E-state index in [1.165, 1.54) is 0 Å². The number of aromatic nitrogens is 2. The van der Waals surface area contributed by atoms with Crippen molar-refractivity contribution < 1.29 is 18.8 Å². The molecule has 1 N–H and O–H groups in total. The molecule has 1 amide bonds. The van der Waals surface area contributed by atoms with E-state index in [0.29, 0.717) is 28.9 Å². The minimum Gasteiger partial charge on any atom is -0.493 e. The maximum absolute atomic E-state index is 11.9. The van der Waals surface area contributed by atoms with Crippen molar-refractivity contribution in [3.8, 4) is 34.3 Å². The zero-order valence-corrected chi connectivity index (χ0v) is 15.6. The lowest BCUT2D eigenvalue weighted by molar-refractivity contribution is -0.118. The number of nitrogens with one attached hydrogen (secondary N) is 1. The van der Waals surface area contributed by atoms with Crippen LogP contribution in [-0.4, -0.2) is 30.3 Å². The average molecular weight is 367 g/mol. The number of carbonyl (C=O) groups is 1. The maximum Gasteiger partial charge on any atom is 0.258 e. The molecule has 3 rings (SSSR count). The van der Waals surface area contributed by atoms with Crippen LogP contribution in [-0.2, 0) is 4.79 Å². The lowest BCUT2D eigenvalue weighted by atomic mass is 10.1. The molecule has 2 aromatic carbocycles. The predicted octanol–water partition coefficient (Wildman–Crippen LogP) is 4.02. The van der Waals surface area contributed by atoms with Gasteiger partial charge in [-0.25, -0.2) is 0 Å². The molecule has 140 valence electrons. The van der Waals surface area contributed by atoms with Gasteiger partial charge >= 0.3 is 0 Å². The minimum absolute atomic E-state index is 0.0521. The van der Waals surface area contributed by atoms with Gasteiger partial charge < -0.3 is 19.3 Å². The van der Waals surface area contributed by atoms with E-state index in [-0.39, 0.29) is 11.8 Å². The Morgan fingerprint density at radius 1 is 1.04 bits per heavy atom. The zero-order chi connectivity index (χ0) is 19.4. The summed E-state index contributed by atoms with van der Waals surface area (Å²) in [6, 6.07) is 12.7. The predicted molar refractivity (Wildman–Crippen MR) is 102 cm³/mol. The molecule has 0 bridgehead atoms. The van der Waals surface area contributed by atoms with E-state index in [9.17, 15) is 4.79 Å². The Bertz CT molecular complexity index is 950. The molecule has 1 aromatic heterocycles. The van der Waals surface area contributed by atoms with Crippen LogP contribution in [0.2, 0.25) is 0 Å². The van der Waals surface area contributed by atoms with Crippen LogP contribution in [0.1, 0.15) is 13.8 Å². The fraction of sp³-hybridized carbons (Fsp3) is 0.250. The first-order chi connectivity index (χ1) is 13.0. The molecule has 0 unspecified atom stereocenters. The number of benzene rings is 2. The molecular formula is C20H21N3O4. The van der Waals surface area contributed by atoms with Crippen molar-refractivity contribution in [1.29, 1.82) is 0 Å². The lowest BCUT2D eigenvalue weighted by Gasteiger charge is -2.08. The summed E-state index contributed by atoms with van der Waals surface area (Å²) >= 11 is 0. The molecule has 0 radical (unpaired) electrons. The van der Waals surface area contributed by atoms with Crippen molar-refractivity contribution in [3.05, 3.63) is 42.5 Å². The number of ether oxygens (including phenoxy) is 2. The maximum atomic E-state index is 11.9. The van der Waals surface area contributed by atoms with E-state index in [2.05, 4.69) is 15.5 Å². The second-order valence-corrected chi connectivity index (χ2v) is 6.22. The van der Waals surface area contributed by atoms with Crippen LogP contribution in [0.4, 0.5) is 5.69 Å². The Morgan fingerprint density at radius 2 is 1.81 bits per heavy atom. The molecule has 27 heavy (non-hydrogen) atoms. The van der Waals surface area contributed by atoms with Crippen molar-refractivity contribution in [1.82, 2.24) is 10.1 Å². The molecule has 3 aromatic rings. The molecule has 0 aliphatic rings. The van der Waals surface area contributed by atoms with Gasteiger partial charge in [0, 0.05) is 22.7 Å². The van der Waals surface area contributed by atoms with E-state index in [4.69, 9.17) is 14.0 Å². The first kappa shape index (κ1) is 18.4. The van der Waals surface area contributed by atoms with E-state index >= 15 is 0 Å². The standard InChI is InChI=1S/C20H21N3O4/c1-12(2)19(24)21-15-7-5-6-14(10-15)20-22-18(23-27-20)13-8-9-16(25-3)17(11-13)26-4/h5-12H,1-4H3,(H,21,24). The SMILES string of the molecule is COc1ccc(-c2noc(-c3cccc(NC(=O)C(C)C)c3)n2)cc1OC. The first-order valence-electron chi connectivity index (χ1n) is 8.49. The minimum atomic E-state index is -0.103. The van der Waals surface area contributed by atoms with Gasteiger partial charge in [0.25, 0.3) is 5.89 Å². The van der Waals surface area contributed by atoms with Crippen LogP contribution in [0.5, 0.6) is 11.5 Å². The lowest BCUT2D eigenvalue weighted by Crippen LogP contribution is -2.17. The summed E-state index contributed by atoms with van der Waals surface area (Å²) in [4.78, 5) is 16.3. The van der Waals surface area contributed by atoms with Crippen molar-refractivity contribution in [3.63, 3.8) is 0 Å². The normalized spacial score (nSPS) is 10.7. The average Bonchev–Trinajstić information content (AvgIpc) is 3.17. The number of methoxy groups -OCH3 is 2. The Kier molecular flexibility index (Phi) is 5.40. The second kappa shape index (κ2) is 7.90. The third-order valence-corrected chi connectivity index (χ3v) is 3.97. The molecule has 0 saturated heterocycles. The molecule has 0 spiro atoms. The van der Waals surface area contributed by atoms with Gasteiger partial charge in [0.2, 0.25) is 11.7 Å². The summed E-state index contributed by atoms with van der Waals surface area (Å²) in [5.41, 5.74) is 2.14. The van der Waals surface area contributed by atoms with Crippen molar-refractivity contribution >= 4 is 11.6 Å². The van der Waals surface area contributed by atoms with Gasteiger partial charge in [-0.1, -0.05) is 25.1 Å². The number of amides is 1. The van der Waals surface area contributed by atoms with Gasteiger partial charge in [-0.15, -0.1) is 0 Å². The fourth-order valence-corrected chi connectivity index (χ4v) is 2.45. The molecule has 0 aliphatic heterocycles. The molecule has 0 fully saturated rings. The summed E-state index contributed by atoms with van der Waals surface area (Å²) in [7, 11) is 3.15. The highest BCUT2D eigenvalue weighted by molar-refractivity contribution is 5.92. The van der Waals surface area contributed by atoms with Gasteiger partial charge in [0.1, 0.15) is 0 Å². The van der Waals surface area contributed by atoms with Crippen molar-refractivity contribution in [2.45, 2.75) is 13.8 Å². The van der Waals surface area contributed by atoms with E-state index in [1.54, 1.807) is 32.4 Å².